The van der Waals surface area contributed by atoms with Crippen molar-refractivity contribution in [2.75, 3.05) is 6.54 Å². The first-order chi connectivity index (χ1) is 9.54. The highest BCUT2D eigenvalue weighted by atomic mass is 16.2. The molecule has 20 heavy (non-hydrogen) atoms. The Labute approximate surface area is 119 Å². The molecule has 112 valence electrons. The molecule has 1 saturated heterocycles. The zero-order valence-electron chi connectivity index (χ0n) is 11.9. The average Bonchev–Trinajstić information content (AvgIpc) is 2.91. The zero-order valence-corrected chi connectivity index (χ0v) is 11.9. The number of carbonyl (C=O) groups excluding carboxylic acids is 3. The molecule has 0 aromatic rings. The number of unbranched alkanes of at least 4 members (excludes halogenated alkanes) is 2. The number of amides is 3. The molecular formula is C14H23N3O3. The highest BCUT2D eigenvalue weighted by Crippen LogP contribution is 2.42. The molecule has 2 rings (SSSR count). The van der Waals surface area contributed by atoms with Gasteiger partial charge in [-0.25, -0.2) is 5.84 Å². The van der Waals surface area contributed by atoms with Crippen molar-refractivity contribution in [2.24, 2.45) is 23.6 Å². The fourth-order valence-electron chi connectivity index (χ4n) is 3.37. The number of imide groups is 1. The second kappa shape index (κ2) is 6.35. The summed E-state index contributed by atoms with van der Waals surface area (Å²) in [5.41, 5.74) is 2.08. The Morgan fingerprint density at radius 1 is 1.20 bits per heavy atom. The van der Waals surface area contributed by atoms with Crippen molar-refractivity contribution in [2.45, 2.75) is 45.4 Å². The van der Waals surface area contributed by atoms with Gasteiger partial charge in [-0.05, 0) is 31.6 Å². The lowest BCUT2D eigenvalue weighted by atomic mass is 10.00. The summed E-state index contributed by atoms with van der Waals surface area (Å²) >= 11 is 0. The molecule has 0 aromatic carbocycles. The average molecular weight is 281 g/mol. The van der Waals surface area contributed by atoms with E-state index in [1.165, 1.54) is 4.90 Å². The van der Waals surface area contributed by atoms with Gasteiger partial charge in [-0.15, -0.1) is 0 Å². The smallest absolute Gasteiger partial charge is 0.233 e. The summed E-state index contributed by atoms with van der Waals surface area (Å²) in [6.07, 6.45) is 4.38. The number of hydrogen-bond acceptors (Lipinski definition) is 4. The molecule has 2 atom stereocenters. The lowest BCUT2D eigenvalue weighted by Gasteiger charge is -2.16. The lowest BCUT2D eigenvalue weighted by molar-refractivity contribution is -0.140. The van der Waals surface area contributed by atoms with E-state index >= 15 is 0 Å². The Kier molecular flexibility index (Phi) is 4.75. The molecule has 2 aliphatic rings. The van der Waals surface area contributed by atoms with Crippen LogP contribution in [0, 0.1) is 17.8 Å². The van der Waals surface area contributed by atoms with Crippen molar-refractivity contribution >= 4 is 17.7 Å². The largest absolute Gasteiger partial charge is 0.294 e. The van der Waals surface area contributed by atoms with Gasteiger partial charge < -0.3 is 0 Å². The Bertz CT molecular complexity index is 386. The predicted molar refractivity (Wildman–Crippen MR) is 72.9 cm³/mol. The van der Waals surface area contributed by atoms with E-state index in [4.69, 9.17) is 5.84 Å². The first kappa shape index (κ1) is 15.0. The molecular weight excluding hydrogens is 258 g/mol. The number of likely N-dealkylation sites (tertiary alicyclic amines) is 1. The van der Waals surface area contributed by atoms with Crippen LogP contribution in [0.5, 0.6) is 0 Å². The Hall–Kier alpha value is -1.43. The third-order valence-electron chi connectivity index (χ3n) is 4.41. The maximum absolute atomic E-state index is 12.2. The third kappa shape index (κ3) is 3.00. The summed E-state index contributed by atoms with van der Waals surface area (Å²) in [7, 11) is 0. The number of carbonyl (C=O) groups is 3. The van der Waals surface area contributed by atoms with E-state index in [2.05, 4.69) is 12.3 Å². The molecule has 1 aliphatic carbocycles. The van der Waals surface area contributed by atoms with Gasteiger partial charge in [0.1, 0.15) is 0 Å². The first-order valence-corrected chi connectivity index (χ1v) is 7.39. The van der Waals surface area contributed by atoms with Crippen molar-refractivity contribution in [3.05, 3.63) is 0 Å². The Morgan fingerprint density at radius 3 is 2.35 bits per heavy atom. The molecule has 1 saturated carbocycles. The summed E-state index contributed by atoms with van der Waals surface area (Å²) in [4.78, 5) is 36.7. The molecule has 3 N–H and O–H groups in total. The van der Waals surface area contributed by atoms with E-state index < -0.39 is 0 Å². The number of nitrogens with zero attached hydrogens (tertiary/aromatic N) is 1. The molecule has 3 amide bonds. The number of fused-ring (bicyclic) bond motifs is 1. The van der Waals surface area contributed by atoms with Gasteiger partial charge in [0.25, 0.3) is 0 Å². The molecule has 6 nitrogen and oxygen atoms in total. The van der Waals surface area contributed by atoms with Crippen LogP contribution >= 0.6 is 0 Å². The SMILES string of the molecule is CC1CC2C(=O)N(CCCCCC(=O)NN)C(=O)C2C1. The van der Waals surface area contributed by atoms with Crippen LogP contribution in [0.25, 0.3) is 0 Å². The molecule has 0 spiro atoms. The zero-order chi connectivity index (χ0) is 14.7. The molecule has 0 aromatic heterocycles. The van der Waals surface area contributed by atoms with Gasteiger partial charge in [-0.2, -0.15) is 0 Å². The molecule has 6 heteroatoms. The second-order valence-electron chi connectivity index (χ2n) is 6.00. The fraction of sp³-hybridized carbons (Fsp3) is 0.786. The maximum Gasteiger partial charge on any atom is 0.233 e. The number of hydrazine groups is 1. The van der Waals surface area contributed by atoms with E-state index in [1.54, 1.807) is 0 Å². The summed E-state index contributed by atoms with van der Waals surface area (Å²) in [5.74, 6) is 5.19. The number of nitrogens with one attached hydrogen (secondary N) is 1. The first-order valence-electron chi connectivity index (χ1n) is 7.39. The van der Waals surface area contributed by atoms with E-state index in [-0.39, 0.29) is 29.6 Å². The third-order valence-corrected chi connectivity index (χ3v) is 4.41. The number of rotatable bonds is 6. The Balaban J connectivity index is 1.73. The van der Waals surface area contributed by atoms with E-state index in [0.29, 0.717) is 18.9 Å². The molecule has 0 bridgehead atoms. The van der Waals surface area contributed by atoms with E-state index in [9.17, 15) is 14.4 Å². The topological polar surface area (TPSA) is 92.5 Å². The van der Waals surface area contributed by atoms with Crippen LogP contribution < -0.4 is 11.3 Å². The van der Waals surface area contributed by atoms with Gasteiger partial charge in [0.2, 0.25) is 17.7 Å². The van der Waals surface area contributed by atoms with Gasteiger partial charge >= 0.3 is 0 Å². The van der Waals surface area contributed by atoms with E-state index in [1.807, 2.05) is 0 Å². The summed E-state index contributed by atoms with van der Waals surface area (Å²) in [6.45, 7) is 2.59. The predicted octanol–water partition coefficient (Wildman–Crippen LogP) is 0.568. The standard InChI is InChI=1S/C14H23N3O3/c1-9-7-10-11(8-9)14(20)17(13(10)19)6-4-2-3-5-12(18)16-15/h9-11H,2-8,15H2,1H3,(H,16,18). The molecule has 1 heterocycles. The van der Waals surface area contributed by atoms with Crippen LogP contribution in [0.4, 0.5) is 0 Å². The highest BCUT2D eigenvalue weighted by molar-refractivity contribution is 6.05. The normalized spacial score (nSPS) is 28.9. The van der Waals surface area contributed by atoms with Gasteiger partial charge in [-0.3, -0.25) is 24.7 Å². The molecule has 2 unspecified atom stereocenters. The van der Waals surface area contributed by atoms with Gasteiger partial charge in [0.15, 0.2) is 0 Å². The summed E-state index contributed by atoms with van der Waals surface area (Å²) < 4.78 is 0. The maximum atomic E-state index is 12.2. The monoisotopic (exact) mass is 281 g/mol. The van der Waals surface area contributed by atoms with Crippen molar-refractivity contribution in [3.63, 3.8) is 0 Å². The van der Waals surface area contributed by atoms with Crippen molar-refractivity contribution in [1.29, 1.82) is 0 Å². The van der Waals surface area contributed by atoms with E-state index in [0.717, 1.165) is 32.1 Å². The summed E-state index contributed by atoms with van der Waals surface area (Å²) in [6, 6.07) is 0. The minimum absolute atomic E-state index is 0.0176. The van der Waals surface area contributed by atoms with Crippen LogP contribution in [0.2, 0.25) is 0 Å². The Morgan fingerprint density at radius 2 is 1.80 bits per heavy atom. The summed E-state index contributed by atoms with van der Waals surface area (Å²) in [5, 5.41) is 0. The quantitative estimate of drug-likeness (QED) is 0.245. The number of hydrogen-bond donors (Lipinski definition) is 2. The van der Waals surface area contributed by atoms with Gasteiger partial charge in [0, 0.05) is 13.0 Å². The van der Waals surface area contributed by atoms with Crippen LogP contribution in [0.3, 0.4) is 0 Å². The molecule has 0 radical (unpaired) electrons. The van der Waals surface area contributed by atoms with Crippen LogP contribution in [0.15, 0.2) is 0 Å². The minimum atomic E-state index is -0.179. The minimum Gasteiger partial charge on any atom is -0.294 e. The van der Waals surface area contributed by atoms with Crippen molar-refractivity contribution in [1.82, 2.24) is 10.3 Å². The van der Waals surface area contributed by atoms with Crippen LogP contribution in [-0.2, 0) is 14.4 Å². The second-order valence-corrected chi connectivity index (χ2v) is 6.00. The van der Waals surface area contributed by atoms with Gasteiger partial charge in [-0.1, -0.05) is 13.3 Å². The lowest BCUT2D eigenvalue weighted by Crippen LogP contribution is -2.33. The highest BCUT2D eigenvalue weighted by Gasteiger charge is 2.51. The molecule has 1 aliphatic heterocycles. The van der Waals surface area contributed by atoms with Crippen molar-refractivity contribution in [3.8, 4) is 0 Å². The van der Waals surface area contributed by atoms with Crippen molar-refractivity contribution < 1.29 is 14.4 Å². The van der Waals surface area contributed by atoms with Crippen LogP contribution in [-0.4, -0.2) is 29.2 Å². The van der Waals surface area contributed by atoms with Gasteiger partial charge in [0.05, 0.1) is 11.8 Å². The van der Waals surface area contributed by atoms with Crippen LogP contribution in [0.1, 0.15) is 45.4 Å². The fourth-order valence-corrected chi connectivity index (χ4v) is 3.37. The molecule has 2 fully saturated rings. The number of nitrogens with two attached hydrogens (primary N) is 1.